The van der Waals surface area contributed by atoms with Crippen LogP contribution in [0.25, 0.3) is 0 Å². The second-order valence-electron chi connectivity index (χ2n) is 4.83. The third-order valence-corrected chi connectivity index (χ3v) is 4.76. The highest BCUT2D eigenvalue weighted by atomic mass is 32.2. The summed E-state index contributed by atoms with van der Waals surface area (Å²) in [6, 6.07) is 5.57. The Labute approximate surface area is 109 Å². The van der Waals surface area contributed by atoms with Crippen molar-refractivity contribution in [1.82, 2.24) is 0 Å². The molecule has 1 saturated carbocycles. The predicted octanol–water partition coefficient (Wildman–Crippen LogP) is 2.95. The van der Waals surface area contributed by atoms with Crippen LogP contribution in [0.3, 0.4) is 0 Å². The number of hydrogen-bond acceptors (Lipinski definition) is 2. The lowest BCUT2D eigenvalue weighted by Gasteiger charge is -2.08. The lowest BCUT2D eigenvalue weighted by Crippen LogP contribution is -2.17. The molecule has 4 heteroatoms. The van der Waals surface area contributed by atoms with Gasteiger partial charge in [-0.05, 0) is 30.9 Å². The van der Waals surface area contributed by atoms with E-state index in [9.17, 15) is 13.4 Å². The van der Waals surface area contributed by atoms with E-state index >= 15 is 0 Å². The Balaban J connectivity index is 1.88. The number of Topliss-reactive ketones (excluding diaryl/α,β-unsaturated/α-hetero) is 1. The quantitative estimate of drug-likeness (QED) is 0.769. The summed E-state index contributed by atoms with van der Waals surface area (Å²) in [5.74, 6) is 0.473. The molecule has 0 spiro atoms. The Kier molecular flexibility index (Phi) is 4.64. The molecular weight excluding hydrogens is 251 g/mol. The van der Waals surface area contributed by atoms with E-state index in [0.717, 1.165) is 12.8 Å². The highest BCUT2D eigenvalue weighted by Crippen LogP contribution is 2.25. The fourth-order valence-electron chi connectivity index (χ4n) is 2.39. The van der Waals surface area contributed by atoms with Gasteiger partial charge in [0.2, 0.25) is 0 Å². The predicted molar refractivity (Wildman–Crippen MR) is 70.6 cm³/mol. The summed E-state index contributed by atoms with van der Waals surface area (Å²) >= 11 is 0. The summed E-state index contributed by atoms with van der Waals surface area (Å²) in [6.07, 6.45) is 4.67. The van der Waals surface area contributed by atoms with Crippen LogP contribution in [0.15, 0.2) is 24.3 Å². The second-order valence-corrected chi connectivity index (χ2v) is 6.34. The summed E-state index contributed by atoms with van der Waals surface area (Å²) in [4.78, 5) is 11.8. The van der Waals surface area contributed by atoms with E-state index in [0.29, 0.717) is 17.2 Å². The van der Waals surface area contributed by atoms with Crippen LogP contribution in [0.2, 0.25) is 0 Å². The Morgan fingerprint density at radius 2 is 2.06 bits per heavy atom. The fourth-order valence-corrected chi connectivity index (χ4v) is 3.83. The van der Waals surface area contributed by atoms with Crippen LogP contribution >= 0.6 is 0 Å². The van der Waals surface area contributed by atoms with Gasteiger partial charge in [-0.1, -0.05) is 25.0 Å². The van der Waals surface area contributed by atoms with E-state index in [1.165, 1.54) is 31.0 Å². The first-order valence-corrected chi connectivity index (χ1v) is 7.77. The molecule has 1 aliphatic rings. The van der Waals surface area contributed by atoms with Crippen molar-refractivity contribution in [2.45, 2.75) is 25.7 Å². The van der Waals surface area contributed by atoms with Crippen LogP contribution in [0.1, 0.15) is 36.0 Å². The molecule has 2 rings (SSSR count). The number of hydrogen-bond donors (Lipinski definition) is 0. The van der Waals surface area contributed by atoms with Crippen molar-refractivity contribution in [2.75, 3.05) is 11.5 Å². The fraction of sp³-hybridized carbons (Fsp3) is 0.500. The van der Waals surface area contributed by atoms with Crippen LogP contribution in [0.5, 0.6) is 0 Å². The standard InChI is InChI=1S/C14H17FO2S/c15-13-7-3-6-12(8-13)14(16)10-18(17)9-11-4-1-2-5-11/h3,6-8,11H,1-2,4-5,9-10H2. The van der Waals surface area contributed by atoms with Gasteiger partial charge in [0.15, 0.2) is 5.78 Å². The molecule has 98 valence electrons. The van der Waals surface area contributed by atoms with Crippen molar-refractivity contribution in [3.8, 4) is 0 Å². The van der Waals surface area contributed by atoms with E-state index < -0.39 is 16.6 Å². The van der Waals surface area contributed by atoms with Gasteiger partial charge in [0.1, 0.15) is 5.82 Å². The number of rotatable bonds is 5. The molecule has 1 aliphatic carbocycles. The maximum Gasteiger partial charge on any atom is 0.175 e. The highest BCUT2D eigenvalue weighted by molar-refractivity contribution is 7.85. The number of carbonyl (C=O) groups is 1. The van der Waals surface area contributed by atoms with Crippen LogP contribution in [-0.4, -0.2) is 21.5 Å². The van der Waals surface area contributed by atoms with Gasteiger partial charge in [0.25, 0.3) is 0 Å². The minimum absolute atomic E-state index is 0.0138. The summed E-state index contributed by atoms with van der Waals surface area (Å²) in [5.41, 5.74) is 0.315. The molecule has 0 bridgehead atoms. The molecular formula is C14H17FO2S. The smallest absolute Gasteiger partial charge is 0.175 e. The first-order chi connectivity index (χ1) is 8.65. The lowest BCUT2D eigenvalue weighted by atomic mass is 10.1. The van der Waals surface area contributed by atoms with Gasteiger partial charge < -0.3 is 0 Å². The molecule has 0 amide bonds. The van der Waals surface area contributed by atoms with Crippen molar-refractivity contribution in [3.63, 3.8) is 0 Å². The van der Waals surface area contributed by atoms with Crippen molar-refractivity contribution in [2.24, 2.45) is 5.92 Å². The zero-order chi connectivity index (χ0) is 13.0. The summed E-state index contributed by atoms with van der Waals surface area (Å²) in [6.45, 7) is 0. The number of ketones is 1. The van der Waals surface area contributed by atoms with Crippen molar-refractivity contribution in [1.29, 1.82) is 0 Å². The average molecular weight is 268 g/mol. The molecule has 1 unspecified atom stereocenters. The normalized spacial score (nSPS) is 17.8. The Bertz CT molecular complexity index is 453. The topological polar surface area (TPSA) is 34.1 Å². The minimum Gasteiger partial charge on any atom is -0.293 e. The van der Waals surface area contributed by atoms with E-state index in [1.54, 1.807) is 6.07 Å². The van der Waals surface area contributed by atoms with Crippen molar-refractivity contribution < 1.29 is 13.4 Å². The molecule has 0 saturated heterocycles. The summed E-state index contributed by atoms with van der Waals surface area (Å²) < 4.78 is 24.8. The maximum atomic E-state index is 13.0. The first kappa shape index (κ1) is 13.4. The summed E-state index contributed by atoms with van der Waals surface area (Å²) in [7, 11) is -1.12. The summed E-state index contributed by atoms with van der Waals surface area (Å²) in [5, 5.41) is 0. The van der Waals surface area contributed by atoms with Crippen LogP contribution in [0.4, 0.5) is 4.39 Å². The number of carbonyl (C=O) groups excluding carboxylic acids is 1. The van der Waals surface area contributed by atoms with Gasteiger partial charge >= 0.3 is 0 Å². The minimum atomic E-state index is -1.12. The Hall–Kier alpha value is -1.03. The van der Waals surface area contributed by atoms with Gasteiger partial charge in [-0.15, -0.1) is 0 Å². The van der Waals surface area contributed by atoms with Gasteiger partial charge in [0.05, 0.1) is 5.75 Å². The monoisotopic (exact) mass is 268 g/mol. The van der Waals surface area contributed by atoms with E-state index in [2.05, 4.69) is 0 Å². The average Bonchev–Trinajstić information content (AvgIpc) is 2.81. The zero-order valence-corrected chi connectivity index (χ0v) is 11.0. The molecule has 1 aromatic carbocycles. The van der Waals surface area contributed by atoms with E-state index in [4.69, 9.17) is 0 Å². The van der Waals surface area contributed by atoms with E-state index in [-0.39, 0.29) is 11.5 Å². The number of halogens is 1. The molecule has 2 nitrogen and oxygen atoms in total. The van der Waals surface area contributed by atoms with Crippen molar-refractivity contribution in [3.05, 3.63) is 35.6 Å². The van der Waals surface area contributed by atoms with E-state index in [1.807, 2.05) is 0 Å². The Morgan fingerprint density at radius 3 is 2.72 bits per heavy atom. The molecule has 1 atom stereocenters. The van der Waals surface area contributed by atoms with Gasteiger partial charge in [-0.25, -0.2) is 4.39 Å². The van der Waals surface area contributed by atoms with Crippen LogP contribution in [0, 0.1) is 11.7 Å². The molecule has 0 aromatic heterocycles. The SMILES string of the molecule is O=C(CS(=O)CC1CCCC1)c1cccc(F)c1. The molecule has 1 fully saturated rings. The second kappa shape index (κ2) is 6.23. The molecule has 0 N–H and O–H groups in total. The molecule has 0 aliphatic heterocycles. The third kappa shape index (κ3) is 3.73. The molecule has 0 heterocycles. The molecule has 18 heavy (non-hydrogen) atoms. The van der Waals surface area contributed by atoms with Crippen LogP contribution in [-0.2, 0) is 10.8 Å². The lowest BCUT2D eigenvalue weighted by molar-refractivity contribution is 0.102. The molecule has 1 aromatic rings. The first-order valence-electron chi connectivity index (χ1n) is 6.29. The van der Waals surface area contributed by atoms with Crippen LogP contribution < -0.4 is 0 Å². The highest BCUT2D eigenvalue weighted by Gasteiger charge is 2.19. The maximum absolute atomic E-state index is 13.0. The zero-order valence-electron chi connectivity index (χ0n) is 10.2. The molecule has 0 radical (unpaired) electrons. The Morgan fingerprint density at radius 1 is 1.33 bits per heavy atom. The van der Waals surface area contributed by atoms with Gasteiger partial charge in [-0.3, -0.25) is 9.00 Å². The largest absolute Gasteiger partial charge is 0.293 e. The third-order valence-electron chi connectivity index (χ3n) is 3.34. The van der Waals surface area contributed by atoms with Gasteiger partial charge in [-0.2, -0.15) is 0 Å². The van der Waals surface area contributed by atoms with Crippen molar-refractivity contribution >= 4 is 16.6 Å². The number of benzene rings is 1. The van der Waals surface area contributed by atoms with Gasteiger partial charge in [0, 0.05) is 22.1 Å².